The van der Waals surface area contributed by atoms with Crippen molar-refractivity contribution in [3.05, 3.63) is 58.9 Å². The van der Waals surface area contributed by atoms with Gasteiger partial charge >= 0.3 is 6.03 Å². The molecule has 0 fully saturated rings. The molecule has 1 heterocycles. The Morgan fingerprint density at radius 3 is 2.52 bits per heavy atom. The zero-order chi connectivity index (χ0) is 22.6. The van der Waals surface area contributed by atoms with Crippen molar-refractivity contribution >= 4 is 6.03 Å². The third-order valence-corrected chi connectivity index (χ3v) is 5.33. The Labute approximate surface area is 183 Å². The van der Waals surface area contributed by atoms with Gasteiger partial charge in [-0.3, -0.25) is 4.90 Å². The number of rotatable bonds is 6. The van der Waals surface area contributed by atoms with Crippen molar-refractivity contribution in [1.29, 1.82) is 0 Å². The van der Waals surface area contributed by atoms with Gasteiger partial charge in [0.15, 0.2) is 11.5 Å². The van der Waals surface area contributed by atoms with Crippen molar-refractivity contribution in [2.45, 2.75) is 45.3 Å². The number of methoxy groups -OCH3 is 2. The fraction of sp³-hybridized carbons (Fsp3) is 0.458. The molecule has 0 aliphatic carbocycles. The van der Waals surface area contributed by atoms with E-state index >= 15 is 0 Å². The van der Waals surface area contributed by atoms with Crippen LogP contribution in [-0.2, 0) is 13.0 Å². The molecule has 1 aliphatic heterocycles. The lowest BCUT2D eigenvalue weighted by Crippen LogP contribution is -2.49. The zero-order valence-electron chi connectivity index (χ0n) is 18.9. The van der Waals surface area contributed by atoms with Crippen LogP contribution >= 0.6 is 0 Å². The number of carbonyl (C=O) groups is 1. The summed E-state index contributed by atoms with van der Waals surface area (Å²) in [6.45, 7) is 7.60. The van der Waals surface area contributed by atoms with Crippen molar-refractivity contribution in [3.63, 3.8) is 0 Å². The summed E-state index contributed by atoms with van der Waals surface area (Å²) in [6.07, 6.45) is 0.829. The lowest BCUT2D eigenvalue weighted by Gasteiger charge is -2.38. The average molecular weight is 430 g/mol. The highest BCUT2D eigenvalue weighted by molar-refractivity contribution is 5.74. The SMILES string of the molecule is COc1cc2c(cc1OC)[C@H](CNC(=O)NC(C)(C)C)N(Cc1cccc(F)c1)CC2. The molecule has 0 aromatic heterocycles. The van der Waals surface area contributed by atoms with Gasteiger partial charge in [-0.05, 0) is 68.1 Å². The number of halogens is 1. The number of amides is 2. The molecular weight excluding hydrogens is 397 g/mol. The van der Waals surface area contributed by atoms with Crippen molar-refractivity contribution in [1.82, 2.24) is 15.5 Å². The van der Waals surface area contributed by atoms with E-state index in [0.29, 0.717) is 24.6 Å². The summed E-state index contributed by atoms with van der Waals surface area (Å²) in [5.41, 5.74) is 2.81. The molecule has 168 valence electrons. The van der Waals surface area contributed by atoms with Crippen LogP contribution in [0, 0.1) is 5.82 Å². The molecule has 0 spiro atoms. The van der Waals surface area contributed by atoms with Crippen LogP contribution in [0.2, 0.25) is 0 Å². The van der Waals surface area contributed by atoms with Crippen molar-refractivity contribution in [2.75, 3.05) is 27.3 Å². The van der Waals surface area contributed by atoms with E-state index in [0.717, 1.165) is 29.7 Å². The Hall–Kier alpha value is -2.80. The second-order valence-electron chi connectivity index (χ2n) is 8.86. The van der Waals surface area contributed by atoms with E-state index in [9.17, 15) is 9.18 Å². The molecule has 0 bridgehead atoms. The van der Waals surface area contributed by atoms with Gasteiger partial charge in [0.25, 0.3) is 0 Å². The van der Waals surface area contributed by atoms with Crippen LogP contribution in [0.15, 0.2) is 36.4 Å². The molecule has 0 unspecified atom stereocenters. The third kappa shape index (κ3) is 5.88. The van der Waals surface area contributed by atoms with E-state index in [2.05, 4.69) is 15.5 Å². The summed E-state index contributed by atoms with van der Waals surface area (Å²) in [6, 6.07) is 10.3. The molecule has 0 radical (unpaired) electrons. The normalized spacial score (nSPS) is 16.4. The predicted octanol–water partition coefficient (Wildman–Crippen LogP) is 4.04. The number of hydrogen-bond acceptors (Lipinski definition) is 4. The first-order valence-electron chi connectivity index (χ1n) is 10.5. The minimum Gasteiger partial charge on any atom is -0.493 e. The molecular formula is C24H32FN3O3. The van der Waals surface area contributed by atoms with Gasteiger partial charge in [-0.2, -0.15) is 0 Å². The van der Waals surface area contributed by atoms with Crippen LogP contribution in [0.3, 0.4) is 0 Å². The fourth-order valence-electron chi connectivity index (χ4n) is 3.95. The van der Waals surface area contributed by atoms with Crippen molar-refractivity contribution in [2.24, 2.45) is 0 Å². The van der Waals surface area contributed by atoms with Crippen molar-refractivity contribution in [3.8, 4) is 11.5 Å². The smallest absolute Gasteiger partial charge is 0.315 e. The van der Waals surface area contributed by atoms with Gasteiger partial charge in [-0.15, -0.1) is 0 Å². The number of carbonyl (C=O) groups excluding carboxylic acids is 1. The fourth-order valence-corrected chi connectivity index (χ4v) is 3.95. The van der Waals surface area contributed by atoms with Gasteiger partial charge in [0.1, 0.15) is 5.82 Å². The second kappa shape index (κ2) is 9.56. The number of benzene rings is 2. The molecule has 6 nitrogen and oxygen atoms in total. The molecule has 2 aromatic rings. The molecule has 1 atom stereocenters. The van der Waals surface area contributed by atoms with Crippen LogP contribution in [0.5, 0.6) is 11.5 Å². The summed E-state index contributed by atoms with van der Waals surface area (Å²) >= 11 is 0. The summed E-state index contributed by atoms with van der Waals surface area (Å²) < 4.78 is 24.7. The Balaban J connectivity index is 1.89. The summed E-state index contributed by atoms with van der Waals surface area (Å²) in [4.78, 5) is 14.7. The molecule has 2 N–H and O–H groups in total. The standard InChI is InChI=1S/C24H32FN3O3/c1-24(2,3)27-23(29)26-14-20-19-13-22(31-5)21(30-4)12-17(19)9-10-28(20)15-16-7-6-8-18(25)11-16/h6-8,11-13,20H,9-10,14-15H2,1-5H3,(H2,26,27,29)/t20-/m0/s1. The molecule has 31 heavy (non-hydrogen) atoms. The van der Waals surface area contributed by atoms with Gasteiger partial charge < -0.3 is 20.1 Å². The summed E-state index contributed by atoms with van der Waals surface area (Å²) in [5, 5.41) is 5.94. The number of ether oxygens (including phenoxy) is 2. The zero-order valence-corrected chi connectivity index (χ0v) is 18.9. The number of urea groups is 1. The highest BCUT2D eigenvalue weighted by Crippen LogP contribution is 2.38. The predicted molar refractivity (Wildman–Crippen MR) is 119 cm³/mol. The van der Waals surface area contributed by atoms with Crippen molar-refractivity contribution < 1.29 is 18.7 Å². The molecule has 1 aliphatic rings. The van der Waals surface area contributed by atoms with Gasteiger partial charge in [-0.25, -0.2) is 9.18 Å². The molecule has 3 rings (SSSR count). The number of nitrogens with zero attached hydrogens (tertiary/aromatic N) is 1. The third-order valence-electron chi connectivity index (χ3n) is 5.33. The van der Waals surface area contributed by atoms with E-state index < -0.39 is 0 Å². The summed E-state index contributed by atoms with van der Waals surface area (Å²) in [7, 11) is 3.24. The molecule has 7 heteroatoms. The topological polar surface area (TPSA) is 62.8 Å². The monoisotopic (exact) mass is 429 g/mol. The lowest BCUT2D eigenvalue weighted by atomic mass is 9.91. The Morgan fingerprint density at radius 2 is 1.87 bits per heavy atom. The van der Waals surface area contributed by atoms with Crippen LogP contribution in [0.1, 0.15) is 43.5 Å². The largest absolute Gasteiger partial charge is 0.493 e. The molecule has 2 amide bonds. The van der Waals surface area contributed by atoms with Gasteiger partial charge in [-0.1, -0.05) is 12.1 Å². The van der Waals surface area contributed by atoms with E-state index in [4.69, 9.17) is 9.47 Å². The Bertz CT molecular complexity index is 927. The summed E-state index contributed by atoms with van der Waals surface area (Å²) in [5.74, 6) is 1.09. The van der Waals surface area contributed by atoms with E-state index in [-0.39, 0.29) is 23.4 Å². The first-order chi connectivity index (χ1) is 14.7. The molecule has 2 aromatic carbocycles. The van der Waals surface area contributed by atoms with E-state index in [1.807, 2.05) is 39.0 Å². The van der Waals surface area contributed by atoms with E-state index in [1.54, 1.807) is 26.4 Å². The average Bonchev–Trinajstić information content (AvgIpc) is 2.70. The Kier molecular flexibility index (Phi) is 7.05. The van der Waals surface area contributed by atoms with E-state index in [1.165, 1.54) is 6.07 Å². The first-order valence-corrected chi connectivity index (χ1v) is 10.5. The second-order valence-corrected chi connectivity index (χ2v) is 8.86. The van der Waals surface area contributed by atoms with Crippen LogP contribution < -0.4 is 20.1 Å². The van der Waals surface area contributed by atoms with Crippen LogP contribution in [0.25, 0.3) is 0 Å². The maximum Gasteiger partial charge on any atom is 0.315 e. The van der Waals surface area contributed by atoms with Crippen LogP contribution in [0.4, 0.5) is 9.18 Å². The highest BCUT2D eigenvalue weighted by Gasteiger charge is 2.30. The molecule has 0 saturated carbocycles. The Morgan fingerprint density at radius 1 is 1.16 bits per heavy atom. The lowest BCUT2D eigenvalue weighted by molar-refractivity contribution is 0.169. The molecule has 0 saturated heterocycles. The van der Waals surface area contributed by atoms with Crippen LogP contribution in [-0.4, -0.2) is 43.8 Å². The van der Waals surface area contributed by atoms with Gasteiger partial charge in [0.05, 0.1) is 20.3 Å². The maximum atomic E-state index is 13.7. The quantitative estimate of drug-likeness (QED) is 0.728. The maximum absolute atomic E-state index is 13.7. The first kappa shape index (κ1) is 22.9. The highest BCUT2D eigenvalue weighted by atomic mass is 19.1. The van der Waals surface area contributed by atoms with Gasteiger partial charge in [0.2, 0.25) is 0 Å². The minimum absolute atomic E-state index is 0.0856. The number of nitrogens with one attached hydrogen (secondary N) is 2. The number of fused-ring (bicyclic) bond motifs is 1. The van der Waals surface area contributed by atoms with Gasteiger partial charge in [0, 0.05) is 25.2 Å². The minimum atomic E-state index is -0.327. The number of hydrogen-bond donors (Lipinski definition) is 2.